The Kier molecular flexibility index (Phi) is 15.3. The van der Waals surface area contributed by atoms with E-state index in [1.165, 1.54) is 44.5 Å². The molecule has 276 valence electrons. The third-order valence-corrected chi connectivity index (χ3v) is 15.6. The zero-order chi connectivity index (χ0) is 39.9. The van der Waals surface area contributed by atoms with E-state index < -0.39 is 0 Å². The van der Waals surface area contributed by atoms with Gasteiger partial charge in [0, 0.05) is 11.8 Å². The molecule has 0 bridgehead atoms. The Morgan fingerprint density at radius 3 is 0.621 bits per heavy atom. The van der Waals surface area contributed by atoms with Gasteiger partial charge in [-0.1, -0.05) is 121 Å². The molecule has 58 heavy (non-hydrogen) atoms. The molecule has 0 atom stereocenters. The predicted octanol–water partition coefficient (Wildman–Crippen LogP) is 13.4. The van der Waals surface area contributed by atoms with Crippen LogP contribution in [0.25, 0.3) is 0 Å². The van der Waals surface area contributed by atoms with Gasteiger partial charge in [0.15, 0.2) is 0 Å². The minimum Gasteiger partial charge on any atom is -0.0622 e. The van der Waals surface area contributed by atoms with E-state index in [1.54, 1.807) is 0 Å². The van der Waals surface area contributed by atoms with Crippen molar-refractivity contribution in [1.29, 1.82) is 0 Å². The second-order valence-corrected chi connectivity index (χ2v) is 19.4. The van der Waals surface area contributed by atoms with Crippen LogP contribution in [0.3, 0.4) is 0 Å². The van der Waals surface area contributed by atoms with E-state index >= 15 is 0 Å². The van der Waals surface area contributed by atoms with Crippen molar-refractivity contribution in [3.8, 4) is 0 Å². The molecular weight excluding hydrogens is 719 g/mol. The first-order chi connectivity index (χ1) is 28.5. The second-order valence-electron chi connectivity index (χ2n) is 16.0. The topological polar surface area (TPSA) is 0 Å². The molecule has 0 spiro atoms. The van der Waals surface area contributed by atoms with Crippen LogP contribution in [0.1, 0.15) is 82.0 Å². The molecule has 0 N–H and O–H groups in total. The summed E-state index contributed by atoms with van der Waals surface area (Å²) < 4.78 is 0.226. The summed E-state index contributed by atoms with van der Waals surface area (Å²) in [6, 6.07) is 88.3. The molecule has 8 aromatic carbocycles. The van der Waals surface area contributed by atoms with E-state index in [1.807, 2.05) is 0 Å². The standard InChI is InChI=1S/C28H26.C28H24.2Na/c2*1-5-13-23(14-6-1)27(24-15-7-2-8-16-24)21-22-28(25-17-9-3-10-18-25)26-19-11-4-12-20-26;;/h1-20,27-28H,21-22H2;1-20H,21-22H2;;. The van der Waals surface area contributed by atoms with Gasteiger partial charge in [-0.05, 0) is 35.1 Å². The Balaban J connectivity index is 0.000000177. The fourth-order valence-corrected chi connectivity index (χ4v) is 10.6. The van der Waals surface area contributed by atoms with Gasteiger partial charge < -0.3 is 0 Å². The number of hydrogen-bond donors (Lipinski definition) is 0. The zero-order valence-corrected chi connectivity index (χ0v) is 38.1. The molecule has 0 fully saturated rings. The summed E-state index contributed by atoms with van der Waals surface area (Å²) in [6.45, 7) is 0. The summed E-state index contributed by atoms with van der Waals surface area (Å²) in [6.07, 6.45) is 4.53. The van der Waals surface area contributed by atoms with Crippen LogP contribution in [0.4, 0.5) is 0 Å². The summed E-state index contributed by atoms with van der Waals surface area (Å²) in [5.41, 5.74) is 11.4. The van der Waals surface area contributed by atoms with Gasteiger partial charge in [-0.2, -0.15) is 0 Å². The van der Waals surface area contributed by atoms with Crippen LogP contribution in [0, 0.1) is 0 Å². The van der Waals surface area contributed by atoms with E-state index in [0.29, 0.717) is 11.8 Å². The molecule has 0 saturated heterocycles. The van der Waals surface area contributed by atoms with Crippen molar-refractivity contribution >= 4 is 55.9 Å². The van der Waals surface area contributed by atoms with Gasteiger partial charge in [0.25, 0.3) is 0 Å². The molecule has 0 aliphatic carbocycles. The van der Waals surface area contributed by atoms with Crippen LogP contribution in [0.5, 0.6) is 0 Å². The SMILES string of the molecule is [Na][C](CC[C]([Na])(c1ccccc1)c1ccccc1)(c1ccccc1)c1ccccc1.c1ccc(C(CCC(c2ccccc2)c2ccccc2)c2ccccc2)cc1. The molecule has 0 aliphatic heterocycles. The van der Waals surface area contributed by atoms with Crippen LogP contribution in [0.15, 0.2) is 243 Å². The normalized spacial score (nSPS) is 11.6. The van der Waals surface area contributed by atoms with E-state index in [4.69, 9.17) is 0 Å². The molecule has 0 saturated carbocycles. The summed E-state index contributed by atoms with van der Waals surface area (Å²) in [5, 5.41) is 0. The van der Waals surface area contributed by atoms with E-state index in [0.717, 1.165) is 81.5 Å². The maximum Gasteiger partial charge on any atom is 0.00896 e. The maximum absolute atomic E-state index is 2.32. The number of rotatable bonds is 14. The van der Waals surface area contributed by atoms with Crippen LogP contribution in [-0.4, -0.2) is 55.9 Å². The van der Waals surface area contributed by atoms with Gasteiger partial charge in [-0.15, -0.1) is 0 Å². The van der Waals surface area contributed by atoms with Crippen molar-refractivity contribution in [2.45, 2.75) is 42.8 Å². The van der Waals surface area contributed by atoms with Crippen molar-refractivity contribution in [1.82, 2.24) is 0 Å². The molecule has 0 heterocycles. The van der Waals surface area contributed by atoms with Gasteiger partial charge in [-0.25, -0.2) is 0 Å². The molecule has 0 aromatic heterocycles. The Labute approximate surface area is 382 Å². The number of benzene rings is 8. The third-order valence-electron chi connectivity index (χ3n) is 12.3. The predicted molar refractivity (Wildman–Crippen MR) is 247 cm³/mol. The van der Waals surface area contributed by atoms with Crippen LogP contribution in [0.2, 0.25) is 0 Å². The van der Waals surface area contributed by atoms with Crippen molar-refractivity contribution < 1.29 is 0 Å². The average Bonchev–Trinajstić information content (AvgIpc) is 3.32. The quantitative estimate of drug-likeness (QED) is 0.0967. The van der Waals surface area contributed by atoms with Crippen LogP contribution >= 0.6 is 0 Å². The Morgan fingerprint density at radius 1 is 0.259 bits per heavy atom. The summed E-state index contributed by atoms with van der Waals surface area (Å²) >= 11 is 2.15. The molecular formula is C56H50Na2. The van der Waals surface area contributed by atoms with E-state index in [-0.39, 0.29) is 5.33 Å². The maximum atomic E-state index is 2.32. The fourth-order valence-electron chi connectivity index (χ4n) is 8.76. The second kappa shape index (κ2) is 21.1. The van der Waals surface area contributed by atoms with Crippen molar-refractivity contribution in [2.24, 2.45) is 0 Å². The largest absolute Gasteiger partial charge is 0.0622 e. The monoisotopic (exact) mass is 768 g/mol. The van der Waals surface area contributed by atoms with Gasteiger partial charge in [-0.3, -0.25) is 0 Å². The summed E-state index contributed by atoms with van der Waals surface area (Å²) in [7, 11) is 0. The molecule has 0 aliphatic rings. The van der Waals surface area contributed by atoms with E-state index in [2.05, 4.69) is 243 Å². The van der Waals surface area contributed by atoms with Crippen LogP contribution < -0.4 is 0 Å². The number of hydrogen-bond acceptors (Lipinski definition) is 0. The average molecular weight is 769 g/mol. The summed E-state index contributed by atoms with van der Waals surface area (Å²) in [4.78, 5) is 0. The van der Waals surface area contributed by atoms with Crippen LogP contribution in [-0.2, 0) is 5.33 Å². The minimum atomic E-state index is 0.113. The molecule has 0 unspecified atom stereocenters. The Morgan fingerprint density at radius 2 is 0.431 bits per heavy atom. The van der Waals surface area contributed by atoms with Crippen molar-refractivity contribution in [2.75, 3.05) is 0 Å². The smallest absolute Gasteiger partial charge is 0.00896 e. The van der Waals surface area contributed by atoms with Gasteiger partial charge in [0.2, 0.25) is 0 Å². The molecule has 0 radical (unpaired) electrons. The third kappa shape index (κ3) is 10.7. The fraction of sp³-hybridized carbons (Fsp3) is 0.143. The first-order valence-electron chi connectivity index (χ1n) is 21.0. The molecule has 8 rings (SSSR count). The summed E-state index contributed by atoms with van der Waals surface area (Å²) in [5.74, 6) is 0.828. The molecule has 0 amide bonds. The van der Waals surface area contributed by atoms with Crippen molar-refractivity contribution in [3.05, 3.63) is 287 Å². The molecule has 0 nitrogen and oxygen atoms in total. The first-order valence-corrected chi connectivity index (χ1v) is 23.0. The van der Waals surface area contributed by atoms with Gasteiger partial charge in [0.05, 0.1) is 0 Å². The van der Waals surface area contributed by atoms with Crippen molar-refractivity contribution in [3.63, 3.8) is 0 Å². The first kappa shape index (κ1) is 41.9. The molecule has 8 aromatic rings. The Hall–Kier alpha value is -4.24. The van der Waals surface area contributed by atoms with E-state index in [9.17, 15) is 0 Å². The molecule has 2 heteroatoms. The minimum absolute atomic E-state index is 0.113. The zero-order valence-electron chi connectivity index (χ0n) is 34.1. The Bertz CT molecular complexity index is 2000. The van der Waals surface area contributed by atoms with Gasteiger partial charge >= 0.3 is 218 Å². The van der Waals surface area contributed by atoms with Gasteiger partial charge in [0.1, 0.15) is 0 Å².